The summed E-state index contributed by atoms with van der Waals surface area (Å²) in [7, 11) is 5.80. The molecular formula is C10H21ClMg. The van der Waals surface area contributed by atoms with Crippen LogP contribution in [0.3, 0.4) is 0 Å². The molecule has 0 spiro atoms. The van der Waals surface area contributed by atoms with E-state index in [9.17, 15) is 0 Å². The van der Waals surface area contributed by atoms with Crippen molar-refractivity contribution in [3.63, 3.8) is 0 Å². The zero-order chi connectivity index (χ0) is 9.40. The standard InChI is InChI=1S/C10H21.ClH.Mg/c1-5-10(4)8-6-7-9(2)3;;/h9-10H,2,5-8H2,1,3-4H3;1H;/q;;+1/p-1. The quantitative estimate of drug-likeness (QED) is 0.543. The van der Waals surface area contributed by atoms with Crippen LogP contribution < -0.4 is 0 Å². The first-order chi connectivity index (χ1) is 5.70. The SMILES string of the molecule is CCC(C)CCCC(C)[CH2][Mg][Cl]. The van der Waals surface area contributed by atoms with Gasteiger partial charge in [-0.25, -0.2) is 0 Å². The van der Waals surface area contributed by atoms with Gasteiger partial charge in [-0.05, 0) is 5.92 Å². The summed E-state index contributed by atoms with van der Waals surface area (Å²) in [5, 5.41) is 0. The molecule has 0 bridgehead atoms. The van der Waals surface area contributed by atoms with Crippen molar-refractivity contribution in [2.45, 2.75) is 51.0 Å². The second kappa shape index (κ2) is 8.65. The number of rotatable bonds is 7. The van der Waals surface area contributed by atoms with Crippen LogP contribution in [0, 0.1) is 11.8 Å². The van der Waals surface area contributed by atoms with Gasteiger partial charge in [-0.15, -0.1) is 4.55 Å². The highest BCUT2D eigenvalue weighted by Gasteiger charge is 2.04. The number of halogens is 1. The highest BCUT2D eigenvalue weighted by molar-refractivity contribution is 6.93. The second-order valence-electron chi connectivity index (χ2n) is 4.03. The monoisotopic (exact) mass is 200 g/mol. The molecule has 2 unspecified atom stereocenters. The van der Waals surface area contributed by atoms with E-state index in [0.717, 1.165) is 11.8 Å². The maximum Gasteiger partial charge on any atom is 0.501 e. The lowest BCUT2D eigenvalue weighted by Gasteiger charge is -2.11. The minimum Gasteiger partial charge on any atom is -0.346 e. The molecule has 0 radical (unpaired) electrons. The van der Waals surface area contributed by atoms with Gasteiger partial charge in [0.25, 0.3) is 0 Å². The largest absolute Gasteiger partial charge is 0.501 e. The van der Waals surface area contributed by atoms with Gasteiger partial charge in [0, 0.05) is 0 Å². The maximum atomic E-state index is 5.80. The first-order valence-electron chi connectivity index (χ1n) is 5.26. The lowest BCUT2D eigenvalue weighted by atomic mass is 9.98. The van der Waals surface area contributed by atoms with Crippen LogP contribution in [0.1, 0.15) is 46.5 Å². The minimum atomic E-state index is -0.214. The summed E-state index contributed by atoms with van der Waals surface area (Å²) in [5.74, 6) is 1.81. The third kappa shape index (κ3) is 7.69. The van der Waals surface area contributed by atoms with Crippen molar-refractivity contribution in [3.05, 3.63) is 0 Å². The van der Waals surface area contributed by atoms with Crippen LogP contribution in [0.2, 0.25) is 4.55 Å². The fourth-order valence-corrected chi connectivity index (χ4v) is 3.13. The molecule has 0 rings (SSSR count). The summed E-state index contributed by atoms with van der Waals surface area (Å²) in [4.78, 5) is 0. The summed E-state index contributed by atoms with van der Waals surface area (Å²) in [5.41, 5.74) is 0. The van der Waals surface area contributed by atoms with Crippen LogP contribution in [0.5, 0.6) is 0 Å². The molecule has 0 amide bonds. The van der Waals surface area contributed by atoms with E-state index in [0.29, 0.717) is 0 Å². The molecule has 0 aliphatic carbocycles. The molecule has 0 aliphatic heterocycles. The number of hydrogen-bond acceptors (Lipinski definition) is 0. The van der Waals surface area contributed by atoms with E-state index in [1.54, 1.807) is 0 Å². The fraction of sp³-hybridized carbons (Fsp3) is 1.00. The van der Waals surface area contributed by atoms with Crippen LogP contribution in [-0.4, -0.2) is 19.3 Å². The van der Waals surface area contributed by atoms with Crippen molar-refractivity contribution >= 4 is 28.3 Å². The van der Waals surface area contributed by atoms with E-state index in [1.165, 1.54) is 30.2 Å². The molecule has 0 heterocycles. The van der Waals surface area contributed by atoms with Crippen LogP contribution in [0.25, 0.3) is 0 Å². The van der Waals surface area contributed by atoms with Crippen molar-refractivity contribution < 1.29 is 0 Å². The van der Waals surface area contributed by atoms with Crippen molar-refractivity contribution in [1.29, 1.82) is 0 Å². The molecule has 12 heavy (non-hydrogen) atoms. The first kappa shape index (κ1) is 13.1. The molecule has 0 saturated heterocycles. The average Bonchev–Trinajstić information content (AvgIpc) is 2.04. The Morgan fingerprint density at radius 1 is 1.17 bits per heavy atom. The minimum absolute atomic E-state index is 0.214. The van der Waals surface area contributed by atoms with Gasteiger partial charge in [0.1, 0.15) is 0 Å². The van der Waals surface area contributed by atoms with Gasteiger partial charge in [0.15, 0.2) is 0 Å². The predicted molar refractivity (Wildman–Crippen MR) is 58.9 cm³/mol. The number of hydrogen-bond donors (Lipinski definition) is 0. The topological polar surface area (TPSA) is 0 Å². The smallest absolute Gasteiger partial charge is 0.346 e. The van der Waals surface area contributed by atoms with Gasteiger partial charge in [-0.2, -0.15) is 0 Å². The van der Waals surface area contributed by atoms with Gasteiger partial charge in [0.05, 0.1) is 0 Å². The highest BCUT2D eigenvalue weighted by Crippen LogP contribution is 2.17. The van der Waals surface area contributed by atoms with Crippen molar-refractivity contribution in [2.75, 3.05) is 0 Å². The van der Waals surface area contributed by atoms with E-state index in [-0.39, 0.29) is 19.3 Å². The Morgan fingerprint density at radius 3 is 2.25 bits per heavy atom. The summed E-state index contributed by atoms with van der Waals surface area (Å²) in [6, 6.07) is 0. The Kier molecular flexibility index (Phi) is 9.41. The van der Waals surface area contributed by atoms with E-state index in [2.05, 4.69) is 20.8 Å². The summed E-state index contributed by atoms with van der Waals surface area (Å²) < 4.78 is 1.32. The third-order valence-electron chi connectivity index (χ3n) is 2.69. The summed E-state index contributed by atoms with van der Waals surface area (Å²) >= 11 is -0.214. The Morgan fingerprint density at radius 2 is 1.75 bits per heavy atom. The second-order valence-corrected chi connectivity index (χ2v) is 6.12. The zero-order valence-electron chi connectivity index (χ0n) is 8.78. The van der Waals surface area contributed by atoms with Gasteiger partial charge < -0.3 is 9.07 Å². The predicted octanol–water partition coefficient (Wildman–Crippen LogP) is 4.12. The Labute approximate surface area is 90.9 Å². The van der Waals surface area contributed by atoms with Crippen molar-refractivity contribution in [2.24, 2.45) is 11.8 Å². The molecule has 0 fully saturated rings. The van der Waals surface area contributed by atoms with E-state index < -0.39 is 0 Å². The molecule has 0 aromatic carbocycles. The highest BCUT2D eigenvalue weighted by atomic mass is 35.5. The van der Waals surface area contributed by atoms with E-state index in [4.69, 9.17) is 9.07 Å². The van der Waals surface area contributed by atoms with Crippen LogP contribution >= 0.6 is 9.07 Å². The molecule has 0 aromatic heterocycles. The van der Waals surface area contributed by atoms with Crippen LogP contribution in [0.15, 0.2) is 0 Å². The van der Waals surface area contributed by atoms with E-state index in [1.807, 2.05) is 0 Å². The van der Waals surface area contributed by atoms with E-state index >= 15 is 0 Å². The Hall–Kier alpha value is 1.06. The van der Waals surface area contributed by atoms with Gasteiger partial charge in [-0.1, -0.05) is 52.4 Å². The third-order valence-corrected chi connectivity index (χ3v) is 4.55. The lowest BCUT2D eigenvalue weighted by molar-refractivity contribution is 0.449. The molecule has 0 aromatic rings. The van der Waals surface area contributed by atoms with Gasteiger partial charge >= 0.3 is 19.3 Å². The van der Waals surface area contributed by atoms with Crippen LogP contribution in [0.4, 0.5) is 0 Å². The lowest BCUT2D eigenvalue weighted by Crippen LogP contribution is -1.98. The Bertz CT molecular complexity index is 95.8. The fourth-order valence-electron chi connectivity index (χ4n) is 1.35. The summed E-state index contributed by atoms with van der Waals surface area (Å²) in [6.45, 7) is 6.97. The molecule has 70 valence electrons. The van der Waals surface area contributed by atoms with Crippen LogP contribution in [-0.2, 0) is 0 Å². The maximum absolute atomic E-state index is 5.80. The van der Waals surface area contributed by atoms with Crippen molar-refractivity contribution in [3.8, 4) is 0 Å². The van der Waals surface area contributed by atoms with Gasteiger partial charge in [0.2, 0.25) is 0 Å². The molecule has 2 heteroatoms. The molecular weight excluding hydrogens is 180 g/mol. The molecule has 2 atom stereocenters. The van der Waals surface area contributed by atoms with Gasteiger partial charge in [-0.3, -0.25) is 0 Å². The van der Waals surface area contributed by atoms with Crippen molar-refractivity contribution in [1.82, 2.24) is 0 Å². The zero-order valence-corrected chi connectivity index (χ0v) is 10.9. The normalized spacial score (nSPS) is 15.3. The Balaban J connectivity index is 3.18. The molecule has 0 N–H and O–H groups in total. The first-order valence-corrected chi connectivity index (χ1v) is 8.40. The molecule has 0 aliphatic rings. The average molecular weight is 201 g/mol. The summed E-state index contributed by atoms with van der Waals surface area (Å²) in [6.07, 6.45) is 5.54. The molecule has 0 saturated carbocycles. The molecule has 0 nitrogen and oxygen atoms in total.